The van der Waals surface area contributed by atoms with E-state index in [1.54, 1.807) is 30.1 Å². The van der Waals surface area contributed by atoms with Crippen molar-refractivity contribution in [2.75, 3.05) is 25.2 Å². The zero-order valence-corrected chi connectivity index (χ0v) is 18.6. The monoisotopic (exact) mass is 412 g/mol. The molecule has 1 aromatic carbocycles. The lowest BCUT2D eigenvalue weighted by Gasteiger charge is -2.26. The molecular formula is C19H32N4O2S2. The Balaban J connectivity index is 0.000000665. The summed E-state index contributed by atoms with van der Waals surface area (Å²) in [6, 6.07) is 6.90. The van der Waals surface area contributed by atoms with Crippen molar-refractivity contribution in [1.82, 2.24) is 14.1 Å². The van der Waals surface area contributed by atoms with Gasteiger partial charge in [0.2, 0.25) is 0 Å². The number of nitrogens with zero attached hydrogens (tertiary/aromatic N) is 3. The summed E-state index contributed by atoms with van der Waals surface area (Å²) in [7, 11) is -3.60. The van der Waals surface area contributed by atoms with Gasteiger partial charge >= 0.3 is 0 Å². The molecule has 152 valence electrons. The lowest BCUT2D eigenvalue weighted by Crippen LogP contribution is -2.31. The molecule has 8 heteroatoms. The van der Waals surface area contributed by atoms with E-state index in [-0.39, 0.29) is 4.90 Å². The summed E-state index contributed by atoms with van der Waals surface area (Å²) in [5.74, 6) is 0.954. The SMILES string of the molecule is CC.CCN.CSCN1CCc2c(cnn2S(=O)(=O)c2ccc(C)cc2)C1. The van der Waals surface area contributed by atoms with Gasteiger partial charge in [0.15, 0.2) is 0 Å². The third-order valence-electron chi connectivity index (χ3n) is 3.84. The standard InChI is InChI=1S/C15H19N3O2S2.C2H7N.C2H6/c1-12-3-5-14(6-4-12)22(19,20)18-15-7-8-17(11-21-2)10-13(15)9-16-18;1-2-3;1-2/h3-6,9H,7-8,10-11H2,1-2H3;2-3H2,1H3;1-2H3. The zero-order valence-electron chi connectivity index (χ0n) is 17.0. The third-order valence-corrected chi connectivity index (χ3v) is 6.10. The quantitative estimate of drug-likeness (QED) is 0.831. The van der Waals surface area contributed by atoms with Gasteiger partial charge < -0.3 is 5.73 Å². The van der Waals surface area contributed by atoms with E-state index in [0.29, 0.717) is 6.42 Å². The van der Waals surface area contributed by atoms with E-state index in [4.69, 9.17) is 5.73 Å². The van der Waals surface area contributed by atoms with Crippen LogP contribution in [-0.4, -0.2) is 47.7 Å². The summed E-state index contributed by atoms with van der Waals surface area (Å²) in [5, 5.41) is 4.16. The zero-order chi connectivity index (χ0) is 20.4. The molecule has 0 atom stereocenters. The van der Waals surface area contributed by atoms with Crippen LogP contribution in [-0.2, 0) is 23.0 Å². The lowest BCUT2D eigenvalue weighted by atomic mass is 10.1. The predicted octanol–water partition coefficient (Wildman–Crippen LogP) is 3.10. The first kappa shape index (κ1) is 23.7. The van der Waals surface area contributed by atoms with Crippen molar-refractivity contribution >= 4 is 21.8 Å². The second kappa shape index (κ2) is 11.5. The molecule has 0 radical (unpaired) electrons. The molecule has 0 bridgehead atoms. The number of hydrogen-bond donors (Lipinski definition) is 1. The lowest BCUT2D eigenvalue weighted by molar-refractivity contribution is 0.298. The molecule has 0 amide bonds. The number of rotatable bonds is 4. The van der Waals surface area contributed by atoms with Gasteiger partial charge in [-0.15, -0.1) is 11.8 Å². The van der Waals surface area contributed by atoms with E-state index in [2.05, 4.69) is 16.3 Å². The largest absolute Gasteiger partial charge is 0.331 e. The number of thioether (sulfide) groups is 1. The highest BCUT2D eigenvalue weighted by Gasteiger charge is 2.27. The van der Waals surface area contributed by atoms with Crippen LogP contribution in [0.4, 0.5) is 0 Å². The normalized spacial score (nSPS) is 13.7. The number of fused-ring (bicyclic) bond motifs is 1. The number of benzene rings is 1. The van der Waals surface area contributed by atoms with Crippen LogP contribution < -0.4 is 5.73 Å². The molecule has 0 aliphatic carbocycles. The van der Waals surface area contributed by atoms with E-state index in [1.165, 1.54) is 4.09 Å². The molecule has 6 nitrogen and oxygen atoms in total. The van der Waals surface area contributed by atoms with Gasteiger partial charge in [-0.3, -0.25) is 4.90 Å². The van der Waals surface area contributed by atoms with Crippen LogP contribution in [0.15, 0.2) is 35.4 Å². The Labute approximate surface area is 168 Å². The summed E-state index contributed by atoms with van der Waals surface area (Å²) in [6.07, 6.45) is 4.47. The Hall–Kier alpha value is -1.35. The minimum Gasteiger partial charge on any atom is -0.331 e. The fourth-order valence-electron chi connectivity index (χ4n) is 2.67. The highest BCUT2D eigenvalue weighted by molar-refractivity contribution is 7.98. The molecule has 0 unspecified atom stereocenters. The van der Waals surface area contributed by atoms with Crippen molar-refractivity contribution in [3.63, 3.8) is 0 Å². The van der Waals surface area contributed by atoms with E-state index in [0.717, 1.165) is 42.3 Å². The molecule has 2 N–H and O–H groups in total. The van der Waals surface area contributed by atoms with Crippen LogP contribution in [0.5, 0.6) is 0 Å². The number of nitrogens with two attached hydrogens (primary N) is 1. The van der Waals surface area contributed by atoms with Gasteiger partial charge in [0.05, 0.1) is 16.8 Å². The molecule has 1 aromatic heterocycles. The van der Waals surface area contributed by atoms with E-state index >= 15 is 0 Å². The number of hydrogen-bond acceptors (Lipinski definition) is 6. The second-order valence-electron chi connectivity index (χ2n) is 5.91. The fourth-order valence-corrected chi connectivity index (χ4v) is 4.61. The molecule has 0 spiro atoms. The Kier molecular flexibility index (Phi) is 10.1. The molecule has 0 saturated carbocycles. The number of aromatic nitrogens is 2. The van der Waals surface area contributed by atoms with Crippen molar-refractivity contribution in [2.45, 2.75) is 45.6 Å². The smallest absolute Gasteiger partial charge is 0.283 e. The summed E-state index contributed by atoms with van der Waals surface area (Å²) in [6.45, 7) is 10.2. The second-order valence-corrected chi connectivity index (χ2v) is 8.51. The summed E-state index contributed by atoms with van der Waals surface area (Å²) < 4.78 is 26.7. The van der Waals surface area contributed by atoms with Crippen molar-refractivity contribution in [3.8, 4) is 0 Å². The van der Waals surface area contributed by atoms with Crippen LogP contribution in [0.1, 0.15) is 37.6 Å². The molecule has 27 heavy (non-hydrogen) atoms. The van der Waals surface area contributed by atoms with E-state index in [9.17, 15) is 8.42 Å². The van der Waals surface area contributed by atoms with Gasteiger partial charge in [-0.25, -0.2) is 0 Å². The van der Waals surface area contributed by atoms with Gasteiger partial charge in [0, 0.05) is 31.0 Å². The molecular weight excluding hydrogens is 380 g/mol. The topological polar surface area (TPSA) is 81.2 Å². The first-order chi connectivity index (χ1) is 12.9. The molecule has 3 rings (SSSR count). The van der Waals surface area contributed by atoms with Gasteiger partial charge in [0.25, 0.3) is 10.0 Å². The van der Waals surface area contributed by atoms with Crippen LogP contribution in [0.2, 0.25) is 0 Å². The van der Waals surface area contributed by atoms with Crippen molar-refractivity contribution < 1.29 is 8.42 Å². The third kappa shape index (κ3) is 6.07. The van der Waals surface area contributed by atoms with Crippen LogP contribution in [0.25, 0.3) is 0 Å². The van der Waals surface area contributed by atoms with Gasteiger partial charge in [-0.1, -0.05) is 38.5 Å². The van der Waals surface area contributed by atoms with Gasteiger partial charge in [-0.05, 0) is 31.9 Å². The first-order valence-corrected chi connectivity index (χ1v) is 12.1. The maximum atomic E-state index is 12.8. The molecule has 2 aromatic rings. The Morgan fingerprint density at radius 2 is 1.81 bits per heavy atom. The van der Waals surface area contributed by atoms with Crippen molar-refractivity contribution in [3.05, 3.63) is 47.3 Å². The molecule has 0 saturated heterocycles. The van der Waals surface area contributed by atoms with Crippen LogP contribution in [0, 0.1) is 6.92 Å². The minimum absolute atomic E-state index is 0.288. The minimum atomic E-state index is -3.60. The highest BCUT2D eigenvalue weighted by atomic mass is 32.2. The highest BCUT2D eigenvalue weighted by Crippen LogP contribution is 2.23. The fraction of sp³-hybridized carbons (Fsp3) is 0.526. The molecule has 1 aliphatic rings. The van der Waals surface area contributed by atoms with Crippen LogP contribution in [0.3, 0.4) is 0 Å². The maximum absolute atomic E-state index is 12.8. The molecule has 1 aliphatic heterocycles. The summed E-state index contributed by atoms with van der Waals surface area (Å²) in [4.78, 5) is 2.59. The van der Waals surface area contributed by atoms with Crippen LogP contribution >= 0.6 is 11.8 Å². The Bertz CT molecular complexity index is 787. The number of aryl methyl sites for hydroxylation is 1. The predicted molar refractivity (Wildman–Crippen MR) is 115 cm³/mol. The molecule has 0 fully saturated rings. The van der Waals surface area contributed by atoms with E-state index < -0.39 is 10.0 Å². The van der Waals surface area contributed by atoms with Crippen molar-refractivity contribution in [1.29, 1.82) is 0 Å². The van der Waals surface area contributed by atoms with Gasteiger partial charge in [-0.2, -0.15) is 17.6 Å². The summed E-state index contributed by atoms with van der Waals surface area (Å²) >= 11 is 1.77. The molecule has 2 heterocycles. The summed E-state index contributed by atoms with van der Waals surface area (Å²) in [5.41, 5.74) is 7.71. The Morgan fingerprint density at radius 3 is 2.37 bits per heavy atom. The van der Waals surface area contributed by atoms with E-state index in [1.807, 2.05) is 39.8 Å². The van der Waals surface area contributed by atoms with Gasteiger partial charge in [0.1, 0.15) is 0 Å². The Morgan fingerprint density at radius 1 is 1.22 bits per heavy atom. The average Bonchev–Trinajstić information content (AvgIpc) is 3.09. The average molecular weight is 413 g/mol. The first-order valence-electron chi connectivity index (χ1n) is 9.23. The van der Waals surface area contributed by atoms with Crippen molar-refractivity contribution in [2.24, 2.45) is 5.73 Å². The maximum Gasteiger partial charge on any atom is 0.283 e.